The van der Waals surface area contributed by atoms with Crippen LogP contribution in [-0.2, 0) is 22.5 Å². The number of carbonyl (C=O) groups is 1. The quantitative estimate of drug-likeness (QED) is 0.867. The highest BCUT2D eigenvalue weighted by Crippen LogP contribution is 2.24. The van der Waals surface area contributed by atoms with Crippen molar-refractivity contribution in [1.29, 1.82) is 0 Å². The molecule has 6 heteroatoms. The van der Waals surface area contributed by atoms with Crippen molar-refractivity contribution in [2.24, 2.45) is 0 Å². The van der Waals surface area contributed by atoms with Crippen molar-refractivity contribution in [2.45, 2.75) is 25.5 Å². The highest BCUT2D eigenvalue weighted by molar-refractivity contribution is 5.76. The molecule has 3 rings (SSSR count). The van der Waals surface area contributed by atoms with Crippen molar-refractivity contribution < 1.29 is 14.6 Å². The van der Waals surface area contributed by atoms with Gasteiger partial charge < -0.3 is 19.3 Å². The summed E-state index contributed by atoms with van der Waals surface area (Å²) in [7, 11) is 0. The fourth-order valence-corrected chi connectivity index (χ4v) is 3.31. The number of aromatic nitrogens is 1. The van der Waals surface area contributed by atoms with E-state index in [2.05, 4.69) is 0 Å². The van der Waals surface area contributed by atoms with Crippen molar-refractivity contribution in [3.63, 3.8) is 0 Å². The summed E-state index contributed by atoms with van der Waals surface area (Å²) in [5, 5.41) is 10.0. The van der Waals surface area contributed by atoms with Gasteiger partial charge in [0, 0.05) is 25.2 Å². The van der Waals surface area contributed by atoms with Gasteiger partial charge in [-0.1, -0.05) is 30.3 Å². The van der Waals surface area contributed by atoms with Crippen molar-refractivity contribution in [2.75, 3.05) is 26.3 Å². The molecule has 1 aliphatic rings. The third kappa shape index (κ3) is 4.03. The summed E-state index contributed by atoms with van der Waals surface area (Å²) in [5.74, 6) is -0.149. The molecule has 1 saturated heterocycles. The Morgan fingerprint density at radius 3 is 2.73 bits per heavy atom. The van der Waals surface area contributed by atoms with Crippen molar-refractivity contribution in [3.8, 4) is 0 Å². The summed E-state index contributed by atoms with van der Waals surface area (Å²) in [4.78, 5) is 26.2. The molecule has 1 N–H and O–H groups in total. The molecular formula is C20H24N2O4. The summed E-state index contributed by atoms with van der Waals surface area (Å²) in [5.41, 5.74) is 1.20. The molecule has 0 bridgehead atoms. The molecule has 2 aromatic rings. The largest absolute Gasteiger partial charge is 0.393 e. The maximum absolute atomic E-state index is 12.7. The minimum absolute atomic E-state index is 0.00839. The zero-order valence-corrected chi connectivity index (χ0v) is 14.9. The minimum Gasteiger partial charge on any atom is -0.393 e. The first-order valence-corrected chi connectivity index (χ1v) is 8.76. The molecule has 1 atom stereocenters. The number of aliphatic hydroxyl groups excluding tert-OH is 1. The first kappa shape index (κ1) is 18.4. The second-order valence-electron chi connectivity index (χ2n) is 6.77. The number of hydrogen-bond acceptors (Lipinski definition) is 4. The van der Waals surface area contributed by atoms with E-state index in [9.17, 15) is 14.7 Å². The predicted octanol–water partition coefficient (Wildman–Crippen LogP) is 0.989. The molecule has 0 aliphatic carbocycles. The number of rotatable bonds is 5. The maximum atomic E-state index is 12.7. The standard InChI is InChI=1S/C20H24N2O4/c1-16-6-2-3-7-17(16)12-20(15-23)14-22(10-11-26-20)19(25)13-21-9-5-4-8-18(21)24/h2-9,23H,10-15H2,1H3/t20-/m1/s1. The van der Waals surface area contributed by atoms with Crippen LogP contribution in [0.2, 0.25) is 0 Å². The van der Waals surface area contributed by atoms with Crippen LogP contribution in [0.15, 0.2) is 53.5 Å². The van der Waals surface area contributed by atoms with E-state index in [1.54, 1.807) is 23.2 Å². The van der Waals surface area contributed by atoms with E-state index in [4.69, 9.17) is 4.74 Å². The zero-order valence-electron chi connectivity index (χ0n) is 14.9. The van der Waals surface area contributed by atoms with Crippen LogP contribution >= 0.6 is 0 Å². The van der Waals surface area contributed by atoms with Gasteiger partial charge in [0.2, 0.25) is 5.91 Å². The van der Waals surface area contributed by atoms with Crippen molar-refractivity contribution >= 4 is 5.91 Å². The average Bonchev–Trinajstić information content (AvgIpc) is 2.66. The Labute approximate surface area is 152 Å². The van der Waals surface area contributed by atoms with Crippen molar-refractivity contribution in [1.82, 2.24) is 9.47 Å². The van der Waals surface area contributed by atoms with Crippen LogP contribution < -0.4 is 5.56 Å². The summed E-state index contributed by atoms with van der Waals surface area (Å²) in [6.45, 7) is 2.96. The summed E-state index contributed by atoms with van der Waals surface area (Å²) in [6.07, 6.45) is 2.14. The second-order valence-corrected chi connectivity index (χ2v) is 6.77. The number of morpholine rings is 1. The van der Waals surface area contributed by atoms with Gasteiger partial charge in [-0.25, -0.2) is 0 Å². The van der Waals surface area contributed by atoms with E-state index in [0.717, 1.165) is 11.1 Å². The molecule has 6 nitrogen and oxygen atoms in total. The van der Waals surface area contributed by atoms with Gasteiger partial charge in [-0.2, -0.15) is 0 Å². The lowest BCUT2D eigenvalue weighted by Gasteiger charge is -2.42. The van der Waals surface area contributed by atoms with Gasteiger partial charge in [0.25, 0.3) is 5.56 Å². The van der Waals surface area contributed by atoms with Gasteiger partial charge in [0.05, 0.1) is 19.8 Å². The van der Waals surface area contributed by atoms with E-state index < -0.39 is 5.60 Å². The van der Waals surface area contributed by atoms with Crippen LogP contribution in [0.4, 0.5) is 0 Å². The number of amides is 1. The third-order valence-corrected chi connectivity index (χ3v) is 4.87. The van der Waals surface area contributed by atoms with E-state index in [1.165, 1.54) is 10.6 Å². The smallest absolute Gasteiger partial charge is 0.250 e. The third-order valence-electron chi connectivity index (χ3n) is 4.87. The fraction of sp³-hybridized carbons (Fsp3) is 0.400. The lowest BCUT2D eigenvalue weighted by atomic mass is 9.91. The summed E-state index contributed by atoms with van der Waals surface area (Å²) < 4.78 is 7.30. The van der Waals surface area contributed by atoms with E-state index in [-0.39, 0.29) is 24.6 Å². The Morgan fingerprint density at radius 1 is 1.23 bits per heavy atom. The number of benzene rings is 1. The number of aryl methyl sites for hydroxylation is 1. The van der Waals surface area contributed by atoms with Crippen LogP contribution in [-0.4, -0.2) is 52.4 Å². The van der Waals surface area contributed by atoms with Crippen LogP contribution in [0, 0.1) is 6.92 Å². The van der Waals surface area contributed by atoms with Gasteiger partial charge in [-0.05, 0) is 24.1 Å². The van der Waals surface area contributed by atoms with E-state index >= 15 is 0 Å². The second kappa shape index (κ2) is 7.85. The molecule has 2 heterocycles. The Balaban J connectivity index is 1.74. The van der Waals surface area contributed by atoms with Crippen molar-refractivity contribution in [3.05, 3.63) is 70.1 Å². The van der Waals surface area contributed by atoms with Gasteiger partial charge in [0.1, 0.15) is 12.1 Å². The first-order chi connectivity index (χ1) is 12.5. The lowest BCUT2D eigenvalue weighted by molar-refractivity contribution is -0.158. The molecule has 0 radical (unpaired) electrons. The van der Waals surface area contributed by atoms with Crippen LogP contribution in [0.3, 0.4) is 0 Å². The Morgan fingerprint density at radius 2 is 2.00 bits per heavy atom. The highest BCUT2D eigenvalue weighted by Gasteiger charge is 2.38. The monoisotopic (exact) mass is 356 g/mol. The number of ether oxygens (including phenoxy) is 1. The molecule has 138 valence electrons. The Bertz CT molecular complexity index is 832. The normalized spacial score (nSPS) is 20.2. The molecule has 0 unspecified atom stereocenters. The van der Waals surface area contributed by atoms with Gasteiger partial charge in [-0.3, -0.25) is 9.59 Å². The molecule has 1 aromatic carbocycles. The fourth-order valence-electron chi connectivity index (χ4n) is 3.31. The number of nitrogens with zero attached hydrogens (tertiary/aromatic N) is 2. The molecule has 26 heavy (non-hydrogen) atoms. The van der Waals surface area contributed by atoms with Gasteiger partial charge >= 0.3 is 0 Å². The zero-order chi connectivity index (χ0) is 18.6. The summed E-state index contributed by atoms with van der Waals surface area (Å²) >= 11 is 0. The number of carbonyl (C=O) groups excluding carboxylic acids is 1. The highest BCUT2D eigenvalue weighted by atomic mass is 16.5. The van der Waals surface area contributed by atoms with Gasteiger partial charge in [0.15, 0.2) is 0 Å². The lowest BCUT2D eigenvalue weighted by Crippen LogP contribution is -2.57. The molecule has 1 aromatic heterocycles. The SMILES string of the molecule is Cc1ccccc1C[C@]1(CO)CN(C(=O)Cn2ccccc2=O)CCO1. The first-order valence-electron chi connectivity index (χ1n) is 8.76. The Hall–Kier alpha value is -2.44. The molecule has 0 saturated carbocycles. The number of pyridine rings is 1. The minimum atomic E-state index is -0.818. The van der Waals surface area contributed by atoms with Gasteiger partial charge in [-0.15, -0.1) is 0 Å². The van der Waals surface area contributed by atoms with Crippen LogP contribution in [0.25, 0.3) is 0 Å². The molecule has 1 amide bonds. The number of hydrogen-bond donors (Lipinski definition) is 1. The topological polar surface area (TPSA) is 71.8 Å². The van der Waals surface area contributed by atoms with E-state index in [1.807, 2.05) is 31.2 Å². The average molecular weight is 356 g/mol. The summed E-state index contributed by atoms with van der Waals surface area (Å²) in [6, 6.07) is 12.8. The van der Waals surface area contributed by atoms with Crippen LogP contribution in [0.1, 0.15) is 11.1 Å². The Kier molecular flexibility index (Phi) is 5.54. The molecular weight excluding hydrogens is 332 g/mol. The van der Waals surface area contributed by atoms with Crippen LogP contribution in [0.5, 0.6) is 0 Å². The maximum Gasteiger partial charge on any atom is 0.250 e. The predicted molar refractivity (Wildman–Crippen MR) is 97.9 cm³/mol. The molecule has 0 spiro atoms. The van der Waals surface area contributed by atoms with E-state index in [0.29, 0.717) is 26.1 Å². The number of aliphatic hydroxyl groups is 1. The molecule has 1 fully saturated rings. The molecule has 1 aliphatic heterocycles.